The van der Waals surface area contributed by atoms with Crippen LogP contribution < -0.4 is 5.32 Å². The van der Waals surface area contributed by atoms with Crippen LogP contribution in [0.15, 0.2) is 10.7 Å². The molecule has 2 rings (SSSR count). The molecule has 0 aliphatic carbocycles. The smallest absolute Gasteiger partial charge is 0.220 e. The van der Waals surface area contributed by atoms with Gasteiger partial charge in [-0.15, -0.1) is 11.3 Å². The zero-order valence-electron chi connectivity index (χ0n) is 11.3. The lowest BCUT2D eigenvalue weighted by atomic mass is 10.1. The van der Waals surface area contributed by atoms with Crippen LogP contribution in [0.1, 0.15) is 36.8 Å². The van der Waals surface area contributed by atoms with Crippen LogP contribution in [-0.2, 0) is 16.1 Å². The molecule has 1 aromatic rings. The monoisotopic (exact) mass is 281 g/mol. The van der Waals surface area contributed by atoms with Crippen LogP contribution in [0, 0.1) is 6.92 Å². The minimum absolute atomic E-state index is 0.00374. The Kier molecular flexibility index (Phi) is 4.90. The molecule has 1 aliphatic heterocycles. The summed E-state index contributed by atoms with van der Waals surface area (Å²) in [6.07, 6.45) is 2.99. The van der Waals surface area contributed by atoms with E-state index in [1.807, 2.05) is 12.4 Å². The second-order valence-electron chi connectivity index (χ2n) is 4.61. The summed E-state index contributed by atoms with van der Waals surface area (Å²) in [6.45, 7) is 4.56. The van der Waals surface area contributed by atoms with Crippen LogP contribution in [-0.4, -0.2) is 29.3 Å². The molecule has 0 saturated heterocycles. The predicted molar refractivity (Wildman–Crippen MR) is 75.4 cm³/mol. The third-order valence-electron chi connectivity index (χ3n) is 3.15. The number of rotatable bonds is 6. The molecule has 1 N–H and O–H groups in total. The summed E-state index contributed by atoms with van der Waals surface area (Å²) >= 11 is 1.60. The average Bonchev–Trinajstić information content (AvgIpc) is 3.02. The van der Waals surface area contributed by atoms with Gasteiger partial charge in [-0.05, 0) is 19.8 Å². The molecule has 19 heavy (non-hydrogen) atoms. The number of hydrogen-bond acceptors (Lipinski definition) is 5. The molecule has 6 heteroatoms. The van der Waals surface area contributed by atoms with E-state index in [1.54, 1.807) is 11.3 Å². The number of oxime groups is 1. The van der Waals surface area contributed by atoms with Gasteiger partial charge in [-0.1, -0.05) is 12.1 Å². The molecule has 0 bridgehead atoms. The summed E-state index contributed by atoms with van der Waals surface area (Å²) in [5.41, 5.74) is 3.91. The number of nitrogens with zero attached hydrogens (tertiary/aromatic N) is 2. The Hall–Kier alpha value is -1.43. The van der Waals surface area contributed by atoms with Crippen LogP contribution in [0.4, 0.5) is 0 Å². The summed E-state index contributed by atoms with van der Waals surface area (Å²) in [5, 5.41) is 6.87. The number of hydrogen-bond donors (Lipinski definition) is 1. The minimum Gasteiger partial charge on any atom is -0.390 e. The standard InChI is InChI=1S/C13H19N3O2S/c1-3-10-6-11(18-16-10)7-14-13(17)5-4-12-9(2)15-8-19-12/h8,11H,3-7H2,1-2H3,(H,14,17). The first-order chi connectivity index (χ1) is 9.19. The van der Waals surface area contributed by atoms with Gasteiger partial charge in [-0.25, -0.2) is 4.98 Å². The maximum Gasteiger partial charge on any atom is 0.220 e. The topological polar surface area (TPSA) is 63.6 Å². The van der Waals surface area contributed by atoms with Crippen LogP contribution in [0.25, 0.3) is 0 Å². The van der Waals surface area contributed by atoms with Crippen molar-refractivity contribution in [3.63, 3.8) is 0 Å². The third kappa shape index (κ3) is 4.02. The van der Waals surface area contributed by atoms with Crippen molar-refractivity contribution in [2.75, 3.05) is 6.54 Å². The Bertz CT molecular complexity index is 470. The van der Waals surface area contributed by atoms with Crippen molar-refractivity contribution < 1.29 is 9.63 Å². The van der Waals surface area contributed by atoms with E-state index in [4.69, 9.17) is 4.84 Å². The molecule has 1 unspecified atom stereocenters. The fourth-order valence-corrected chi connectivity index (χ4v) is 2.70. The number of carbonyl (C=O) groups is 1. The van der Waals surface area contributed by atoms with Crippen molar-refractivity contribution in [3.8, 4) is 0 Å². The van der Waals surface area contributed by atoms with Gasteiger partial charge in [0.15, 0.2) is 0 Å². The van der Waals surface area contributed by atoms with Gasteiger partial charge in [-0.2, -0.15) is 0 Å². The number of amides is 1. The predicted octanol–water partition coefficient (Wildman–Crippen LogP) is 2.06. The van der Waals surface area contributed by atoms with Crippen LogP contribution in [0.2, 0.25) is 0 Å². The van der Waals surface area contributed by atoms with Crippen LogP contribution >= 0.6 is 11.3 Å². The number of nitrogens with one attached hydrogen (secondary N) is 1. The van der Waals surface area contributed by atoms with E-state index >= 15 is 0 Å². The summed E-state index contributed by atoms with van der Waals surface area (Å²) in [5.74, 6) is 0.0568. The van der Waals surface area contributed by atoms with E-state index in [0.717, 1.165) is 30.7 Å². The van der Waals surface area contributed by atoms with E-state index in [1.165, 1.54) is 4.88 Å². The number of aromatic nitrogens is 1. The lowest BCUT2D eigenvalue weighted by Gasteiger charge is -2.09. The van der Waals surface area contributed by atoms with Crippen molar-refractivity contribution >= 4 is 23.0 Å². The molecule has 0 spiro atoms. The normalized spacial score (nSPS) is 18.0. The molecule has 1 amide bonds. The largest absolute Gasteiger partial charge is 0.390 e. The molecule has 0 radical (unpaired) electrons. The molecule has 1 aliphatic rings. The van der Waals surface area contributed by atoms with Crippen LogP contribution in [0.3, 0.4) is 0 Å². The van der Waals surface area contributed by atoms with Crippen molar-refractivity contribution in [2.45, 2.75) is 45.6 Å². The highest BCUT2D eigenvalue weighted by atomic mass is 32.1. The molecule has 104 valence electrons. The number of aryl methyl sites for hydroxylation is 2. The molecule has 0 saturated carbocycles. The molecular formula is C13H19N3O2S. The molecule has 0 fully saturated rings. The van der Waals surface area contributed by atoms with Gasteiger partial charge < -0.3 is 10.2 Å². The highest BCUT2D eigenvalue weighted by Gasteiger charge is 2.20. The molecular weight excluding hydrogens is 262 g/mol. The van der Waals surface area contributed by atoms with Gasteiger partial charge in [0.2, 0.25) is 5.91 Å². The summed E-state index contributed by atoms with van der Waals surface area (Å²) in [6, 6.07) is 0. The van der Waals surface area contributed by atoms with Gasteiger partial charge in [-0.3, -0.25) is 4.79 Å². The Morgan fingerprint density at radius 2 is 2.47 bits per heavy atom. The second-order valence-corrected chi connectivity index (χ2v) is 5.55. The lowest BCUT2D eigenvalue weighted by Crippen LogP contribution is -2.32. The first-order valence-corrected chi connectivity index (χ1v) is 7.44. The molecule has 0 aromatic carbocycles. The van der Waals surface area contributed by atoms with Gasteiger partial charge >= 0.3 is 0 Å². The second kappa shape index (κ2) is 6.65. The quantitative estimate of drug-likeness (QED) is 0.868. The summed E-state index contributed by atoms with van der Waals surface area (Å²) < 4.78 is 0. The summed E-state index contributed by atoms with van der Waals surface area (Å²) in [7, 11) is 0. The highest BCUT2D eigenvalue weighted by Crippen LogP contribution is 2.14. The first kappa shape index (κ1) is 14.0. The molecule has 2 heterocycles. The molecule has 1 atom stereocenters. The number of thiazole rings is 1. The molecule has 5 nitrogen and oxygen atoms in total. The van der Waals surface area contributed by atoms with Crippen LogP contribution in [0.5, 0.6) is 0 Å². The van der Waals surface area contributed by atoms with Gasteiger partial charge in [0.1, 0.15) is 6.10 Å². The van der Waals surface area contributed by atoms with Crippen molar-refractivity contribution in [2.24, 2.45) is 5.16 Å². The minimum atomic E-state index is 0.00374. The Balaban J connectivity index is 1.64. The highest BCUT2D eigenvalue weighted by molar-refractivity contribution is 7.09. The van der Waals surface area contributed by atoms with E-state index in [-0.39, 0.29) is 12.0 Å². The fourth-order valence-electron chi connectivity index (χ4n) is 1.91. The SMILES string of the molecule is CCC1=NOC(CNC(=O)CCc2scnc2C)C1. The van der Waals surface area contributed by atoms with Gasteiger partial charge in [0, 0.05) is 17.7 Å². The van der Waals surface area contributed by atoms with Gasteiger partial charge in [0.05, 0.1) is 23.5 Å². The van der Waals surface area contributed by atoms with Gasteiger partial charge in [0.25, 0.3) is 0 Å². The maximum absolute atomic E-state index is 11.7. The summed E-state index contributed by atoms with van der Waals surface area (Å²) in [4.78, 5) is 22.3. The Labute approximate surface area is 117 Å². The Morgan fingerprint density at radius 1 is 1.63 bits per heavy atom. The van der Waals surface area contributed by atoms with E-state index in [2.05, 4.69) is 22.4 Å². The lowest BCUT2D eigenvalue weighted by molar-refractivity contribution is -0.121. The zero-order chi connectivity index (χ0) is 13.7. The van der Waals surface area contributed by atoms with E-state index in [9.17, 15) is 4.79 Å². The van der Waals surface area contributed by atoms with E-state index in [0.29, 0.717) is 13.0 Å². The third-order valence-corrected chi connectivity index (χ3v) is 4.15. The first-order valence-electron chi connectivity index (χ1n) is 6.56. The fraction of sp³-hybridized carbons (Fsp3) is 0.615. The van der Waals surface area contributed by atoms with Crippen molar-refractivity contribution in [3.05, 3.63) is 16.1 Å². The average molecular weight is 281 g/mol. The molecule has 1 aromatic heterocycles. The van der Waals surface area contributed by atoms with E-state index < -0.39 is 0 Å². The number of carbonyl (C=O) groups excluding carboxylic acids is 1. The van der Waals surface area contributed by atoms with Crippen molar-refractivity contribution in [1.82, 2.24) is 10.3 Å². The van der Waals surface area contributed by atoms with Crippen molar-refractivity contribution in [1.29, 1.82) is 0 Å². The maximum atomic E-state index is 11.7. The zero-order valence-corrected chi connectivity index (χ0v) is 12.1. The Morgan fingerprint density at radius 3 is 3.11 bits per heavy atom.